The van der Waals surface area contributed by atoms with Crippen LogP contribution >= 0.6 is 11.6 Å². The van der Waals surface area contributed by atoms with E-state index in [0.717, 1.165) is 18.4 Å². The summed E-state index contributed by atoms with van der Waals surface area (Å²) in [6.45, 7) is 0.514. The number of amides is 1. The second kappa shape index (κ2) is 7.10. The monoisotopic (exact) mass is 337 g/mol. The lowest BCUT2D eigenvalue weighted by atomic mass is 9.91. The van der Waals surface area contributed by atoms with E-state index in [-0.39, 0.29) is 12.1 Å². The van der Waals surface area contributed by atoms with E-state index in [2.05, 4.69) is 0 Å². The summed E-state index contributed by atoms with van der Waals surface area (Å²) in [7, 11) is 1.65. The highest BCUT2D eigenvalue weighted by Crippen LogP contribution is 2.49. The minimum absolute atomic E-state index is 0.115. The van der Waals surface area contributed by atoms with Gasteiger partial charge in [-0.25, -0.2) is 4.79 Å². The third-order valence-electron chi connectivity index (χ3n) is 5.47. The lowest BCUT2D eigenvalue weighted by Gasteiger charge is -2.39. The van der Waals surface area contributed by atoms with Crippen molar-refractivity contribution in [2.24, 2.45) is 11.8 Å². The second-order valence-corrected chi connectivity index (χ2v) is 7.16. The number of rotatable bonds is 6. The minimum atomic E-state index is -0.844. The van der Waals surface area contributed by atoms with Gasteiger partial charge in [0.2, 0.25) is 0 Å². The molecule has 2 saturated carbocycles. The van der Waals surface area contributed by atoms with Crippen molar-refractivity contribution in [2.45, 2.75) is 44.2 Å². The van der Waals surface area contributed by atoms with E-state index < -0.39 is 6.09 Å². The van der Waals surface area contributed by atoms with E-state index >= 15 is 0 Å². The van der Waals surface area contributed by atoms with E-state index in [4.69, 9.17) is 16.3 Å². The van der Waals surface area contributed by atoms with Gasteiger partial charge in [0.25, 0.3) is 0 Å². The molecule has 1 amide bonds. The van der Waals surface area contributed by atoms with Crippen molar-refractivity contribution < 1.29 is 14.6 Å². The SMILES string of the molecule is COCC[C@H](c1ccccc1Cl)N(C(=O)O)C1CC2CCC1C2. The van der Waals surface area contributed by atoms with Gasteiger partial charge in [0, 0.05) is 24.8 Å². The van der Waals surface area contributed by atoms with Gasteiger partial charge in [0.05, 0.1) is 6.04 Å². The Morgan fingerprint density at radius 3 is 2.74 bits per heavy atom. The molecule has 1 N–H and O–H groups in total. The van der Waals surface area contributed by atoms with Gasteiger partial charge in [-0.05, 0) is 49.1 Å². The summed E-state index contributed by atoms with van der Waals surface area (Å²) in [5, 5.41) is 10.6. The van der Waals surface area contributed by atoms with Crippen LogP contribution in [0.1, 0.15) is 43.7 Å². The van der Waals surface area contributed by atoms with Crippen LogP contribution in [0.5, 0.6) is 0 Å². The van der Waals surface area contributed by atoms with Gasteiger partial charge in [-0.15, -0.1) is 0 Å². The van der Waals surface area contributed by atoms with Crippen LogP contribution in [0.15, 0.2) is 24.3 Å². The first-order chi connectivity index (χ1) is 11.1. The van der Waals surface area contributed by atoms with Gasteiger partial charge in [0.1, 0.15) is 0 Å². The Morgan fingerprint density at radius 2 is 2.17 bits per heavy atom. The quantitative estimate of drug-likeness (QED) is 0.826. The molecule has 4 atom stereocenters. The van der Waals surface area contributed by atoms with Crippen molar-refractivity contribution in [1.29, 1.82) is 0 Å². The highest BCUT2D eigenvalue weighted by atomic mass is 35.5. The molecule has 1 aromatic rings. The van der Waals surface area contributed by atoms with Gasteiger partial charge in [-0.1, -0.05) is 36.2 Å². The summed E-state index contributed by atoms with van der Waals surface area (Å²) >= 11 is 6.37. The molecule has 3 rings (SSSR count). The van der Waals surface area contributed by atoms with E-state index in [9.17, 15) is 9.90 Å². The van der Waals surface area contributed by atoms with E-state index in [0.29, 0.717) is 29.9 Å². The van der Waals surface area contributed by atoms with Crippen LogP contribution in [-0.2, 0) is 4.74 Å². The molecule has 0 saturated heterocycles. The number of ether oxygens (including phenoxy) is 1. The molecule has 3 unspecified atom stereocenters. The molecule has 0 aliphatic heterocycles. The standard InChI is InChI=1S/C18H24ClNO3/c1-23-9-8-16(14-4-2-3-5-15(14)19)20(18(21)22)17-11-12-6-7-13(17)10-12/h2-5,12-13,16-17H,6-11H2,1H3,(H,21,22)/t12?,13?,16-,17?/m1/s1. The number of carbonyl (C=O) groups is 1. The number of methoxy groups -OCH3 is 1. The first-order valence-electron chi connectivity index (χ1n) is 8.36. The van der Waals surface area contributed by atoms with Crippen LogP contribution in [0.3, 0.4) is 0 Å². The number of hydrogen-bond acceptors (Lipinski definition) is 2. The summed E-state index contributed by atoms with van der Waals surface area (Å²) in [5.74, 6) is 1.20. The Labute approximate surface area is 142 Å². The molecule has 0 aromatic heterocycles. The molecule has 1 aromatic carbocycles. The zero-order valence-corrected chi connectivity index (χ0v) is 14.2. The average Bonchev–Trinajstić information content (AvgIpc) is 3.14. The van der Waals surface area contributed by atoms with Crippen LogP contribution in [0, 0.1) is 11.8 Å². The van der Waals surface area contributed by atoms with Gasteiger partial charge in [-0.2, -0.15) is 0 Å². The van der Waals surface area contributed by atoms with Gasteiger partial charge >= 0.3 is 6.09 Å². The highest BCUT2D eigenvalue weighted by Gasteiger charge is 2.46. The molecule has 2 aliphatic carbocycles. The van der Waals surface area contributed by atoms with Crippen molar-refractivity contribution in [1.82, 2.24) is 4.90 Å². The normalized spacial score (nSPS) is 27.1. The van der Waals surface area contributed by atoms with Crippen molar-refractivity contribution >= 4 is 17.7 Å². The van der Waals surface area contributed by atoms with E-state index in [1.54, 1.807) is 12.0 Å². The number of carboxylic acid groups (broad SMARTS) is 1. The van der Waals surface area contributed by atoms with Gasteiger partial charge < -0.3 is 9.84 Å². The Hall–Kier alpha value is -1.26. The van der Waals surface area contributed by atoms with Crippen molar-refractivity contribution in [3.63, 3.8) is 0 Å². The molecule has 0 radical (unpaired) electrons. The molecular formula is C18H24ClNO3. The number of halogens is 1. The van der Waals surface area contributed by atoms with Crippen LogP contribution in [0.4, 0.5) is 4.79 Å². The lowest BCUT2D eigenvalue weighted by molar-refractivity contribution is 0.0625. The average molecular weight is 338 g/mol. The third-order valence-corrected chi connectivity index (χ3v) is 5.82. The van der Waals surface area contributed by atoms with Crippen LogP contribution < -0.4 is 0 Å². The number of hydrogen-bond donors (Lipinski definition) is 1. The number of nitrogens with zero attached hydrogens (tertiary/aromatic N) is 1. The van der Waals surface area contributed by atoms with Crippen LogP contribution in [0.2, 0.25) is 5.02 Å². The first kappa shape index (κ1) is 16.6. The predicted octanol–water partition coefficient (Wildman–Crippen LogP) is 4.59. The Morgan fingerprint density at radius 1 is 1.39 bits per heavy atom. The number of fused-ring (bicyclic) bond motifs is 2. The first-order valence-corrected chi connectivity index (χ1v) is 8.74. The highest BCUT2D eigenvalue weighted by molar-refractivity contribution is 6.31. The molecule has 23 heavy (non-hydrogen) atoms. The lowest BCUT2D eigenvalue weighted by Crippen LogP contribution is -2.45. The fraction of sp³-hybridized carbons (Fsp3) is 0.611. The molecular weight excluding hydrogens is 314 g/mol. The Balaban J connectivity index is 1.92. The zero-order valence-electron chi connectivity index (χ0n) is 13.5. The minimum Gasteiger partial charge on any atom is -0.465 e. The number of benzene rings is 1. The van der Waals surface area contributed by atoms with E-state index in [1.807, 2.05) is 24.3 Å². The third kappa shape index (κ3) is 3.33. The molecule has 126 valence electrons. The summed E-state index contributed by atoms with van der Waals surface area (Å²) in [6.07, 6.45) is 4.35. The maximum Gasteiger partial charge on any atom is 0.408 e. The van der Waals surface area contributed by atoms with Gasteiger partial charge in [-0.3, -0.25) is 4.90 Å². The van der Waals surface area contributed by atoms with Gasteiger partial charge in [0.15, 0.2) is 0 Å². The molecule has 2 fully saturated rings. The molecule has 2 aliphatic rings. The molecule has 0 heterocycles. The Bertz CT molecular complexity index is 565. The zero-order chi connectivity index (χ0) is 16.4. The maximum absolute atomic E-state index is 12.1. The fourth-order valence-corrected chi connectivity index (χ4v) is 4.74. The summed E-state index contributed by atoms with van der Waals surface area (Å²) in [5.41, 5.74) is 0.886. The predicted molar refractivity (Wildman–Crippen MR) is 89.8 cm³/mol. The van der Waals surface area contributed by atoms with Crippen LogP contribution in [0.25, 0.3) is 0 Å². The molecule has 0 spiro atoms. The Kier molecular flexibility index (Phi) is 5.12. The van der Waals surface area contributed by atoms with E-state index in [1.165, 1.54) is 12.8 Å². The fourth-order valence-electron chi connectivity index (χ4n) is 4.48. The largest absolute Gasteiger partial charge is 0.465 e. The molecule has 2 bridgehead atoms. The topological polar surface area (TPSA) is 49.8 Å². The van der Waals surface area contributed by atoms with Crippen molar-refractivity contribution in [3.05, 3.63) is 34.9 Å². The smallest absolute Gasteiger partial charge is 0.408 e. The summed E-state index contributed by atoms with van der Waals surface area (Å²) < 4.78 is 5.23. The summed E-state index contributed by atoms with van der Waals surface area (Å²) in [4.78, 5) is 13.8. The van der Waals surface area contributed by atoms with Crippen molar-refractivity contribution in [3.8, 4) is 0 Å². The summed E-state index contributed by atoms with van der Waals surface area (Å²) in [6, 6.07) is 7.43. The molecule has 5 heteroatoms. The molecule has 4 nitrogen and oxygen atoms in total. The maximum atomic E-state index is 12.1. The second-order valence-electron chi connectivity index (χ2n) is 6.75. The van der Waals surface area contributed by atoms with Crippen molar-refractivity contribution in [2.75, 3.05) is 13.7 Å². The van der Waals surface area contributed by atoms with Crippen LogP contribution in [-0.4, -0.2) is 35.9 Å².